The lowest BCUT2D eigenvalue weighted by atomic mass is 10.1. The summed E-state index contributed by atoms with van der Waals surface area (Å²) in [4.78, 5) is 8.60. The maximum Gasteiger partial charge on any atom is 0.146 e. The summed E-state index contributed by atoms with van der Waals surface area (Å²) in [5, 5.41) is 22.5. The molecule has 0 atom stereocenters. The van der Waals surface area contributed by atoms with Crippen molar-refractivity contribution in [1.82, 2.24) is 14.5 Å². The van der Waals surface area contributed by atoms with Gasteiger partial charge in [0.1, 0.15) is 35.2 Å². The van der Waals surface area contributed by atoms with Crippen LogP contribution in [0.4, 0.5) is 14.6 Å². The quantitative estimate of drug-likeness (QED) is 0.464. The summed E-state index contributed by atoms with van der Waals surface area (Å²) in [6.07, 6.45) is 1.39. The Morgan fingerprint density at radius 2 is 1.69 bits per heavy atom. The molecule has 2 aromatic heterocycles. The van der Waals surface area contributed by atoms with Gasteiger partial charge in [0.25, 0.3) is 0 Å². The van der Waals surface area contributed by atoms with Crippen LogP contribution in [-0.4, -0.2) is 37.9 Å². The summed E-state index contributed by atoms with van der Waals surface area (Å²) in [7, 11) is 0. The molecule has 0 saturated carbocycles. The number of hydrogen-bond donors (Lipinski definition) is 3. The molecule has 0 unspecified atom stereocenters. The molecule has 0 aliphatic rings. The zero-order valence-electron chi connectivity index (χ0n) is 15.3. The number of nitrogens with zero attached hydrogens (tertiary/aromatic N) is 3. The number of phenolic OH excluding ortho intramolecular Hbond substituents is 1. The highest BCUT2D eigenvalue weighted by Gasteiger charge is 2.16. The average Bonchev–Trinajstić information content (AvgIpc) is 3.05. The van der Waals surface area contributed by atoms with Gasteiger partial charge in [-0.05, 0) is 53.6 Å². The van der Waals surface area contributed by atoms with Crippen molar-refractivity contribution < 1.29 is 19.0 Å². The maximum atomic E-state index is 13.7. The monoisotopic (exact) mass is 396 g/mol. The van der Waals surface area contributed by atoms with Gasteiger partial charge >= 0.3 is 0 Å². The molecule has 3 N–H and O–H groups in total. The Bertz CT molecular complexity index is 1140. The first-order valence-corrected chi connectivity index (χ1v) is 8.98. The van der Waals surface area contributed by atoms with E-state index in [-0.39, 0.29) is 18.9 Å². The summed E-state index contributed by atoms with van der Waals surface area (Å²) < 4.78 is 29.2. The molecule has 0 aliphatic carbocycles. The molecular formula is C21H18F2N4O2. The molecule has 2 heterocycles. The largest absolute Gasteiger partial charge is 0.508 e. The van der Waals surface area contributed by atoms with Gasteiger partial charge < -0.3 is 20.1 Å². The Balaban J connectivity index is 1.89. The first-order valence-electron chi connectivity index (χ1n) is 8.98. The molecule has 148 valence electrons. The van der Waals surface area contributed by atoms with E-state index in [4.69, 9.17) is 5.11 Å². The van der Waals surface area contributed by atoms with E-state index in [1.165, 1.54) is 18.5 Å². The number of rotatable bonds is 6. The van der Waals surface area contributed by atoms with Crippen LogP contribution in [0.5, 0.6) is 5.75 Å². The zero-order chi connectivity index (χ0) is 20.4. The second-order valence-electron chi connectivity index (χ2n) is 6.55. The SMILES string of the molecule is OCCNc1ncnc2c1cc(-c1ccc(O)cc1)n2Cc1cc(F)cc(F)c1. The summed E-state index contributed by atoms with van der Waals surface area (Å²) in [5.74, 6) is -0.618. The van der Waals surface area contributed by atoms with E-state index in [1.54, 1.807) is 24.3 Å². The summed E-state index contributed by atoms with van der Waals surface area (Å²) in [6, 6.07) is 11.9. The minimum absolute atomic E-state index is 0.0560. The molecule has 0 saturated heterocycles. The van der Waals surface area contributed by atoms with Gasteiger partial charge in [0.2, 0.25) is 0 Å². The first kappa shape index (κ1) is 18.8. The van der Waals surface area contributed by atoms with Crippen LogP contribution in [0.3, 0.4) is 0 Å². The molecule has 2 aromatic carbocycles. The smallest absolute Gasteiger partial charge is 0.146 e. The second kappa shape index (κ2) is 7.84. The number of nitrogens with one attached hydrogen (secondary N) is 1. The van der Waals surface area contributed by atoms with E-state index < -0.39 is 11.6 Å². The number of phenols is 1. The van der Waals surface area contributed by atoms with E-state index in [9.17, 15) is 13.9 Å². The van der Waals surface area contributed by atoms with Crippen LogP contribution in [-0.2, 0) is 6.54 Å². The molecule has 0 bridgehead atoms. The standard InChI is InChI=1S/C21H18F2N4O2/c22-15-7-13(8-16(23)9-15)11-27-19(14-1-3-17(29)4-2-14)10-18-20(24-5-6-28)25-12-26-21(18)27/h1-4,7-10,12,28-29H,5-6,11H2,(H,24,25,26). The lowest BCUT2D eigenvalue weighted by Crippen LogP contribution is -2.08. The molecule has 0 amide bonds. The predicted octanol–water partition coefficient (Wildman–Crippen LogP) is 3.53. The lowest BCUT2D eigenvalue weighted by molar-refractivity contribution is 0.311. The van der Waals surface area contributed by atoms with Crippen LogP contribution in [0.25, 0.3) is 22.3 Å². The van der Waals surface area contributed by atoms with E-state index >= 15 is 0 Å². The maximum absolute atomic E-state index is 13.7. The van der Waals surface area contributed by atoms with Gasteiger partial charge in [-0.2, -0.15) is 0 Å². The van der Waals surface area contributed by atoms with Crippen LogP contribution in [0.2, 0.25) is 0 Å². The number of fused-ring (bicyclic) bond motifs is 1. The van der Waals surface area contributed by atoms with Crippen LogP contribution in [0.1, 0.15) is 5.56 Å². The summed E-state index contributed by atoms with van der Waals surface area (Å²) >= 11 is 0. The van der Waals surface area contributed by atoms with Crippen molar-refractivity contribution in [2.75, 3.05) is 18.5 Å². The third-order valence-corrected chi connectivity index (χ3v) is 4.52. The Morgan fingerprint density at radius 3 is 2.38 bits per heavy atom. The fourth-order valence-corrected chi connectivity index (χ4v) is 3.29. The summed E-state index contributed by atoms with van der Waals surface area (Å²) in [5.41, 5.74) is 2.57. The number of aromatic nitrogens is 3. The Morgan fingerprint density at radius 1 is 0.966 bits per heavy atom. The molecule has 6 nitrogen and oxygen atoms in total. The van der Waals surface area contributed by atoms with E-state index in [0.717, 1.165) is 17.3 Å². The van der Waals surface area contributed by atoms with Crippen LogP contribution < -0.4 is 5.32 Å². The average molecular weight is 396 g/mol. The van der Waals surface area contributed by atoms with Crippen molar-refractivity contribution in [1.29, 1.82) is 0 Å². The van der Waals surface area contributed by atoms with Crippen molar-refractivity contribution in [3.05, 3.63) is 72.1 Å². The number of anilines is 1. The van der Waals surface area contributed by atoms with Crippen molar-refractivity contribution >= 4 is 16.9 Å². The van der Waals surface area contributed by atoms with Gasteiger partial charge in [-0.1, -0.05) is 0 Å². The zero-order valence-corrected chi connectivity index (χ0v) is 15.3. The molecule has 29 heavy (non-hydrogen) atoms. The van der Waals surface area contributed by atoms with Gasteiger partial charge in [0, 0.05) is 19.2 Å². The third kappa shape index (κ3) is 3.88. The van der Waals surface area contributed by atoms with Crippen molar-refractivity contribution in [2.45, 2.75) is 6.54 Å². The van der Waals surface area contributed by atoms with Crippen LogP contribution in [0, 0.1) is 11.6 Å². The molecule has 0 radical (unpaired) electrons. The number of aliphatic hydroxyl groups excluding tert-OH is 1. The number of aromatic hydroxyl groups is 1. The van der Waals surface area contributed by atoms with Gasteiger partial charge in [0.05, 0.1) is 17.7 Å². The van der Waals surface area contributed by atoms with E-state index in [2.05, 4.69) is 15.3 Å². The number of hydrogen-bond acceptors (Lipinski definition) is 5. The third-order valence-electron chi connectivity index (χ3n) is 4.52. The fraction of sp³-hybridized carbons (Fsp3) is 0.143. The summed E-state index contributed by atoms with van der Waals surface area (Å²) in [6.45, 7) is 0.450. The second-order valence-corrected chi connectivity index (χ2v) is 6.55. The molecule has 8 heteroatoms. The van der Waals surface area contributed by atoms with Gasteiger partial charge in [-0.15, -0.1) is 0 Å². The van der Waals surface area contributed by atoms with Crippen LogP contribution in [0.15, 0.2) is 54.9 Å². The van der Waals surface area contributed by atoms with Crippen LogP contribution >= 0.6 is 0 Å². The van der Waals surface area contributed by atoms with E-state index in [0.29, 0.717) is 29.0 Å². The molecule has 0 spiro atoms. The van der Waals surface area contributed by atoms with E-state index in [1.807, 2.05) is 10.6 Å². The van der Waals surface area contributed by atoms with Gasteiger partial charge in [0.15, 0.2) is 0 Å². The molecule has 0 fully saturated rings. The Labute approximate surface area is 165 Å². The van der Waals surface area contributed by atoms with Crippen molar-refractivity contribution in [3.63, 3.8) is 0 Å². The first-order chi connectivity index (χ1) is 14.0. The Kier molecular flexibility index (Phi) is 5.09. The minimum atomic E-state index is -0.650. The van der Waals surface area contributed by atoms with Crippen molar-refractivity contribution in [2.24, 2.45) is 0 Å². The molecule has 4 aromatic rings. The Hall–Kier alpha value is -3.52. The molecule has 4 rings (SSSR count). The lowest BCUT2D eigenvalue weighted by Gasteiger charge is -2.11. The minimum Gasteiger partial charge on any atom is -0.508 e. The number of halogens is 2. The number of aliphatic hydroxyl groups is 1. The molecule has 0 aliphatic heterocycles. The molecular weight excluding hydrogens is 378 g/mol. The normalized spacial score (nSPS) is 11.1. The fourth-order valence-electron chi connectivity index (χ4n) is 3.29. The van der Waals surface area contributed by atoms with Crippen molar-refractivity contribution in [3.8, 4) is 17.0 Å². The highest BCUT2D eigenvalue weighted by atomic mass is 19.1. The number of benzene rings is 2. The van der Waals surface area contributed by atoms with Gasteiger partial charge in [-0.3, -0.25) is 0 Å². The van der Waals surface area contributed by atoms with Gasteiger partial charge in [-0.25, -0.2) is 18.7 Å². The topological polar surface area (TPSA) is 83.2 Å². The predicted molar refractivity (Wildman–Crippen MR) is 106 cm³/mol. The highest BCUT2D eigenvalue weighted by molar-refractivity contribution is 5.92. The highest BCUT2D eigenvalue weighted by Crippen LogP contribution is 2.32.